The van der Waals surface area contributed by atoms with Crippen molar-refractivity contribution in [2.45, 2.75) is 50.8 Å². The Kier molecular flexibility index (Phi) is 9.18. The number of amides is 2. The van der Waals surface area contributed by atoms with Crippen molar-refractivity contribution in [1.29, 1.82) is 0 Å². The van der Waals surface area contributed by atoms with Gasteiger partial charge in [0, 0.05) is 42.7 Å². The number of sulfonamides is 1. The summed E-state index contributed by atoms with van der Waals surface area (Å²) in [6, 6.07) is 9.37. The minimum atomic E-state index is -3.99. The minimum absolute atomic E-state index is 0.0358. The molecule has 2 N–H and O–H groups in total. The van der Waals surface area contributed by atoms with Crippen molar-refractivity contribution in [2.24, 2.45) is 5.92 Å². The van der Waals surface area contributed by atoms with Crippen molar-refractivity contribution in [1.82, 2.24) is 14.5 Å². The quantitative estimate of drug-likeness (QED) is 0.578. The second-order valence-electron chi connectivity index (χ2n) is 9.64. The summed E-state index contributed by atoms with van der Waals surface area (Å²) in [5.74, 6) is 5.36. The van der Waals surface area contributed by atoms with Crippen LogP contribution in [0.25, 0.3) is 0 Å². The van der Waals surface area contributed by atoms with Crippen molar-refractivity contribution < 1.29 is 27.4 Å². The molecule has 0 aliphatic carbocycles. The van der Waals surface area contributed by atoms with Crippen LogP contribution in [0.4, 0.5) is 9.18 Å². The number of urea groups is 1. The summed E-state index contributed by atoms with van der Waals surface area (Å²) >= 11 is 0. The molecule has 1 aliphatic rings. The fraction of sp³-hybridized carbons (Fsp3) is 0.444. The van der Waals surface area contributed by atoms with Crippen LogP contribution in [-0.4, -0.2) is 73.7 Å². The van der Waals surface area contributed by atoms with Crippen LogP contribution >= 0.6 is 0 Å². The number of benzene rings is 2. The SMILES string of the molecule is CC(C)NC(=O)N(C)C[C@H]1Oc2cc(C#Cc3ccc(F)cc3)ccc2S(=O)(=O)N([C@@H](C)CO)C[C@@H]1C. The van der Waals surface area contributed by atoms with Gasteiger partial charge < -0.3 is 20.1 Å². The van der Waals surface area contributed by atoms with Gasteiger partial charge in [0.15, 0.2) is 0 Å². The average Bonchev–Trinajstić information content (AvgIpc) is 2.84. The second-order valence-corrected chi connectivity index (χ2v) is 11.5. The summed E-state index contributed by atoms with van der Waals surface area (Å²) in [6.45, 7) is 7.21. The Balaban J connectivity index is 2.03. The number of hydrogen-bond donors (Lipinski definition) is 2. The van der Waals surface area contributed by atoms with Crippen molar-refractivity contribution >= 4 is 16.1 Å². The van der Waals surface area contributed by atoms with Gasteiger partial charge in [0.1, 0.15) is 22.6 Å². The predicted octanol–water partition coefficient (Wildman–Crippen LogP) is 3.04. The number of aliphatic hydroxyl groups excluding tert-OH is 1. The Hall–Kier alpha value is -3.13. The first kappa shape index (κ1) is 28.4. The van der Waals surface area contributed by atoms with E-state index in [0.717, 1.165) is 0 Å². The number of hydrogen-bond acceptors (Lipinski definition) is 5. The van der Waals surface area contributed by atoms with E-state index in [0.29, 0.717) is 11.1 Å². The van der Waals surface area contributed by atoms with Crippen LogP contribution in [-0.2, 0) is 10.0 Å². The van der Waals surface area contributed by atoms with Crippen molar-refractivity contribution in [2.75, 3.05) is 26.7 Å². The molecule has 0 saturated heterocycles. The van der Waals surface area contributed by atoms with Gasteiger partial charge in [-0.05, 0) is 63.2 Å². The first-order valence-electron chi connectivity index (χ1n) is 12.1. The molecule has 2 aromatic rings. The fourth-order valence-corrected chi connectivity index (χ4v) is 5.73. The van der Waals surface area contributed by atoms with Gasteiger partial charge in [-0.25, -0.2) is 17.6 Å². The number of nitrogens with zero attached hydrogens (tertiary/aromatic N) is 2. The van der Waals surface area contributed by atoms with Gasteiger partial charge in [-0.1, -0.05) is 18.8 Å². The Labute approximate surface area is 218 Å². The molecule has 0 radical (unpaired) electrons. The third-order valence-electron chi connectivity index (χ3n) is 6.08. The highest BCUT2D eigenvalue weighted by atomic mass is 32.2. The smallest absolute Gasteiger partial charge is 0.317 e. The van der Waals surface area contributed by atoms with Gasteiger partial charge in [-0.2, -0.15) is 4.31 Å². The molecule has 8 nitrogen and oxygen atoms in total. The van der Waals surface area contributed by atoms with E-state index < -0.39 is 22.2 Å². The Morgan fingerprint density at radius 1 is 1.19 bits per heavy atom. The highest BCUT2D eigenvalue weighted by molar-refractivity contribution is 7.89. The number of rotatable bonds is 5. The number of nitrogens with one attached hydrogen (secondary N) is 1. The summed E-state index contributed by atoms with van der Waals surface area (Å²) in [5.41, 5.74) is 1.12. The molecule has 0 unspecified atom stereocenters. The first-order chi connectivity index (χ1) is 17.4. The van der Waals surface area contributed by atoms with E-state index in [2.05, 4.69) is 17.2 Å². The first-order valence-corrected chi connectivity index (χ1v) is 13.6. The summed E-state index contributed by atoms with van der Waals surface area (Å²) in [4.78, 5) is 14.0. The monoisotopic (exact) mass is 531 g/mol. The normalized spacial score (nSPS) is 19.9. The highest BCUT2D eigenvalue weighted by Crippen LogP contribution is 2.34. The molecule has 1 aliphatic heterocycles. The zero-order chi connectivity index (χ0) is 27.3. The number of halogens is 1. The number of aliphatic hydroxyl groups is 1. The van der Waals surface area contributed by atoms with E-state index >= 15 is 0 Å². The van der Waals surface area contributed by atoms with Gasteiger partial charge in [0.05, 0.1) is 13.2 Å². The molecule has 2 amide bonds. The van der Waals surface area contributed by atoms with E-state index in [-0.39, 0.29) is 54.1 Å². The summed E-state index contributed by atoms with van der Waals surface area (Å²) in [6.07, 6.45) is -0.536. The number of carbonyl (C=O) groups excluding carboxylic acids is 1. The van der Waals surface area contributed by atoms with Gasteiger partial charge in [-0.3, -0.25) is 0 Å². The van der Waals surface area contributed by atoms with Crippen LogP contribution in [0.1, 0.15) is 38.8 Å². The van der Waals surface area contributed by atoms with E-state index in [9.17, 15) is 22.7 Å². The maximum atomic E-state index is 13.6. The Morgan fingerprint density at radius 3 is 2.43 bits per heavy atom. The van der Waals surface area contributed by atoms with Gasteiger partial charge in [0.25, 0.3) is 0 Å². The third-order valence-corrected chi connectivity index (χ3v) is 8.09. The van der Waals surface area contributed by atoms with Crippen LogP contribution in [0.15, 0.2) is 47.4 Å². The van der Waals surface area contributed by atoms with E-state index in [1.807, 2.05) is 20.8 Å². The topological polar surface area (TPSA) is 99.2 Å². The van der Waals surface area contributed by atoms with Crippen LogP contribution in [0.5, 0.6) is 5.75 Å². The fourth-order valence-electron chi connectivity index (χ4n) is 3.91. The lowest BCUT2D eigenvalue weighted by molar-refractivity contribution is 0.0809. The zero-order valence-corrected chi connectivity index (χ0v) is 22.5. The largest absolute Gasteiger partial charge is 0.487 e. The number of ether oxygens (including phenoxy) is 1. The molecule has 0 saturated carbocycles. The molecule has 1 heterocycles. The molecule has 0 bridgehead atoms. The number of carbonyl (C=O) groups is 1. The van der Waals surface area contributed by atoms with E-state index in [1.54, 1.807) is 38.2 Å². The number of fused-ring (bicyclic) bond motifs is 1. The maximum Gasteiger partial charge on any atom is 0.317 e. The zero-order valence-electron chi connectivity index (χ0n) is 21.7. The van der Waals surface area contributed by atoms with Crippen LogP contribution in [0.3, 0.4) is 0 Å². The summed E-state index contributed by atoms with van der Waals surface area (Å²) in [7, 11) is -2.34. The molecule has 3 atom stereocenters. The van der Waals surface area contributed by atoms with Crippen LogP contribution in [0, 0.1) is 23.6 Å². The molecule has 10 heteroatoms. The predicted molar refractivity (Wildman–Crippen MR) is 139 cm³/mol. The maximum absolute atomic E-state index is 13.6. The minimum Gasteiger partial charge on any atom is -0.487 e. The van der Waals surface area contributed by atoms with Crippen molar-refractivity contribution in [3.8, 4) is 17.6 Å². The Morgan fingerprint density at radius 2 is 1.81 bits per heavy atom. The van der Waals surface area contributed by atoms with Crippen LogP contribution < -0.4 is 10.1 Å². The average molecular weight is 532 g/mol. The molecule has 0 fully saturated rings. The highest BCUT2D eigenvalue weighted by Gasteiger charge is 2.38. The standard InChI is InChI=1S/C27H34FN3O5S/c1-18(2)29-27(33)30(5)16-25-19(3)15-31(20(4)17-32)37(34,35)26-13-10-22(14-24(26)36-25)7-6-21-8-11-23(28)12-9-21/h8-14,18-20,25,32H,15-17H2,1-5H3,(H,29,33)/t19-,20-,25+/m0/s1. The van der Waals surface area contributed by atoms with E-state index in [1.165, 1.54) is 27.4 Å². The molecule has 3 rings (SSSR count). The Bertz CT molecular complexity index is 1270. The van der Waals surface area contributed by atoms with E-state index in [4.69, 9.17) is 4.74 Å². The lowest BCUT2D eigenvalue weighted by Crippen LogP contribution is -2.51. The molecule has 0 spiro atoms. The molecular formula is C27H34FN3O5S. The molecule has 0 aromatic heterocycles. The van der Waals surface area contributed by atoms with Gasteiger partial charge in [-0.15, -0.1) is 0 Å². The molecular weight excluding hydrogens is 497 g/mol. The summed E-state index contributed by atoms with van der Waals surface area (Å²) in [5, 5.41) is 12.6. The lowest BCUT2D eigenvalue weighted by Gasteiger charge is -2.37. The van der Waals surface area contributed by atoms with Crippen molar-refractivity contribution in [3.05, 3.63) is 59.4 Å². The van der Waals surface area contributed by atoms with Gasteiger partial charge in [0.2, 0.25) is 10.0 Å². The molecule has 200 valence electrons. The molecule has 2 aromatic carbocycles. The molecule has 37 heavy (non-hydrogen) atoms. The number of likely N-dealkylation sites (N-methyl/N-ethyl adjacent to an activating group) is 1. The summed E-state index contributed by atoms with van der Waals surface area (Å²) < 4.78 is 47.9. The second kappa shape index (κ2) is 11.9. The third kappa shape index (κ3) is 7.01. The lowest BCUT2D eigenvalue weighted by atomic mass is 10.0. The van der Waals surface area contributed by atoms with Crippen molar-refractivity contribution in [3.63, 3.8) is 0 Å². The van der Waals surface area contributed by atoms with Gasteiger partial charge >= 0.3 is 6.03 Å². The van der Waals surface area contributed by atoms with Crippen LogP contribution in [0.2, 0.25) is 0 Å².